The Labute approximate surface area is 99.0 Å². The van der Waals surface area contributed by atoms with E-state index in [1.165, 1.54) is 11.7 Å². The highest BCUT2D eigenvalue weighted by atomic mass is 19.4. The summed E-state index contributed by atoms with van der Waals surface area (Å²) in [4.78, 5) is 0. The highest BCUT2D eigenvalue weighted by Gasteiger charge is 2.42. The predicted octanol–water partition coefficient (Wildman–Crippen LogP) is 2.41. The molecule has 1 unspecified atom stereocenters. The molecule has 0 aliphatic heterocycles. The van der Waals surface area contributed by atoms with Crippen LogP contribution in [0.15, 0.2) is 6.07 Å². The van der Waals surface area contributed by atoms with Crippen molar-refractivity contribution in [3.05, 3.63) is 17.5 Å². The molecule has 1 heterocycles. The maximum Gasteiger partial charge on any atom is 0.398 e. The second kappa shape index (κ2) is 5.08. The molecule has 0 aliphatic carbocycles. The number of hydrogen-bond acceptors (Lipinski definition) is 2. The van der Waals surface area contributed by atoms with Crippen LogP contribution in [0.5, 0.6) is 0 Å². The van der Waals surface area contributed by atoms with Gasteiger partial charge in [-0.05, 0) is 19.0 Å². The topological polar surface area (TPSA) is 29.9 Å². The van der Waals surface area contributed by atoms with Crippen molar-refractivity contribution in [2.24, 2.45) is 7.05 Å². The fourth-order valence-electron chi connectivity index (χ4n) is 1.71. The molecule has 1 N–H and O–H groups in total. The molecule has 3 nitrogen and oxygen atoms in total. The zero-order valence-electron chi connectivity index (χ0n) is 10.5. The summed E-state index contributed by atoms with van der Waals surface area (Å²) >= 11 is 0. The highest BCUT2D eigenvalue weighted by Crippen LogP contribution is 2.35. The van der Waals surface area contributed by atoms with Gasteiger partial charge in [0.2, 0.25) is 0 Å². The number of aromatic nitrogens is 2. The summed E-state index contributed by atoms with van der Waals surface area (Å²) in [5.41, 5.74) is 0.892. The Hall–Kier alpha value is -1.04. The van der Waals surface area contributed by atoms with Crippen LogP contribution in [-0.4, -0.2) is 29.5 Å². The van der Waals surface area contributed by atoms with Gasteiger partial charge >= 0.3 is 6.18 Å². The van der Waals surface area contributed by atoms with Crippen LogP contribution in [0.25, 0.3) is 0 Å². The van der Waals surface area contributed by atoms with Crippen LogP contribution in [-0.2, 0) is 7.05 Å². The lowest BCUT2D eigenvalue weighted by Crippen LogP contribution is -2.31. The van der Waals surface area contributed by atoms with Gasteiger partial charge in [-0.15, -0.1) is 0 Å². The molecule has 1 aromatic heterocycles. The van der Waals surface area contributed by atoms with Crippen LogP contribution in [0, 0.1) is 0 Å². The van der Waals surface area contributed by atoms with Gasteiger partial charge in [0.05, 0.1) is 11.4 Å². The second-order valence-electron chi connectivity index (χ2n) is 4.42. The van der Waals surface area contributed by atoms with Crippen LogP contribution >= 0.6 is 0 Å². The van der Waals surface area contributed by atoms with Crippen LogP contribution < -0.4 is 5.32 Å². The van der Waals surface area contributed by atoms with Gasteiger partial charge in [0, 0.05) is 13.6 Å². The van der Waals surface area contributed by atoms with Gasteiger partial charge in [-0.25, -0.2) is 0 Å². The highest BCUT2D eigenvalue weighted by molar-refractivity contribution is 5.19. The predicted molar refractivity (Wildman–Crippen MR) is 60.0 cm³/mol. The summed E-state index contributed by atoms with van der Waals surface area (Å²) in [6.45, 7) is 3.68. The van der Waals surface area contributed by atoms with Crippen LogP contribution in [0.3, 0.4) is 0 Å². The molecule has 0 spiro atoms. The third-order valence-electron chi connectivity index (χ3n) is 2.69. The first-order chi connectivity index (χ1) is 7.77. The van der Waals surface area contributed by atoms with Crippen LogP contribution in [0.1, 0.15) is 37.1 Å². The molecule has 0 aliphatic rings. The third kappa shape index (κ3) is 3.21. The van der Waals surface area contributed by atoms with E-state index in [2.05, 4.69) is 10.4 Å². The number of hydrogen-bond donors (Lipinski definition) is 1. The van der Waals surface area contributed by atoms with Gasteiger partial charge in [-0.3, -0.25) is 4.68 Å². The van der Waals surface area contributed by atoms with E-state index in [1.54, 1.807) is 13.1 Å². The molecule has 0 saturated heterocycles. The van der Waals surface area contributed by atoms with Crippen molar-refractivity contribution in [1.82, 2.24) is 15.1 Å². The summed E-state index contributed by atoms with van der Waals surface area (Å²) in [6, 6.07) is 1.54. The van der Waals surface area contributed by atoms with Crippen molar-refractivity contribution < 1.29 is 13.2 Å². The maximum atomic E-state index is 12.9. The van der Waals surface area contributed by atoms with Gasteiger partial charge < -0.3 is 5.32 Å². The smallest absolute Gasteiger partial charge is 0.319 e. The van der Waals surface area contributed by atoms with Crippen molar-refractivity contribution in [2.45, 2.75) is 31.9 Å². The van der Waals surface area contributed by atoms with Crippen molar-refractivity contribution in [1.29, 1.82) is 0 Å². The largest absolute Gasteiger partial charge is 0.398 e. The van der Waals surface area contributed by atoms with Crippen molar-refractivity contribution >= 4 is 0 Å². The second-order valence-corrected chi connectivity index (χ2v) is 4.42. The molecule has 0 bridgehead atoms. The monoisotopic (exact) mass is 249 g/mol. The van der Waals surface area contributed by atoms with Crippen molar-refractivity contribution in [3.63, 3.8) is 0 Å². The van der Waals surface area contributed by atoms with Gasteiger partial charge in [-0.2, -0.15) is 18.3 Å². The third-order valence-corrected chi connectivity index (χ3v) is 2.69. The van der Waals surface area contributed by atoms with E-state index in [1.807, 2.05) is 13.8 Å². The first-order valence-electron chi connectivity index (χ1n) is 5.52. The summed E-state index contributed by atoms with van der Waals surface area (Å²) in [5.74, 6) is -1.39. The van der Waals surface area contributed by atoms with Gasteiger partial charge in [0.25, 0.3) is 0 Å². The lowest BCUT2D eigenvalue weighted by Gasteiger charge is -2.19. The molecule has 0 fully saturated rings. The number of nitrogens with one attached hydrogen (secondary N) is 1. The van der Waals surface area contributed by atoms with Crippen LogP contribution in [0.2, 0.25) is 0 Å². The van der Waals surface area contributed by atoms with Crippen LogP contribution in [0.4, 0.5) is 13.2 Å². The molecule has 0 amide bonds. The zero-order chi connectivity index (χ0) is 13.2. The SMILES string of the molecule is CNCC(c1cc(C(C)C)nn1C)C(F)(F)F. The van der Waals surface area contributed by atoms with Crippen molar-refractivity contribution in [3.8, 4) is 0 Å². The lowest BCUT2D eigenvalue weighted by atomic mass is 10.0. The molecule has 0 radical (unpaired) electrons. The molecular weight excluding hydrogens is 231 g/mol. The van der Waals surface area contributed by atoms with E-state index in [-0.39, 0.29) is 18.2 Å². The van der Waals surface area contributed by atoms with E-state index in [9.17, 15) is 13.2 Å². The number of likely N-dealkylation sites (N-methyl/N-ethyl adjacent to an activating group) is 1. The average molecular weight is 249 g/mol. The Morgan fingerprint density at radius 1 is 1.41 bits per heavy atom. The Bertz CT molecular complexity index is 369. The Balaban J connectivity index is 3.10. The molecule has 1 atom stereocenters. The number of halogens is 3. The summed E-state index contributed by atoms with van der Waals surface area (Å²) in [6.07, 6.45) is -4.26. The minimum atomic E-state index is -4.26. The lowest BCUT2D eigenvalue weighted by molar-refractivity contribution is -0.150. The van der Waals surface area contributed by atoms with E-state index < -0.39 is 12.1 Å². The number of aryl methyl sites for hydroxylation is 1. The first kappa shape index (κ1) is 14.0. The molecule has 1 aromatic rings. The van der Waals surface area contributed by atoms with Crippen molar-refractivity contribution in [2.75, 3.05) is 13.6 Å². The molecule has 1 rings (SSSR count). The minimum Gasteiger partial charge on any atom is -0.319 e. The molecule has 17 heavy (non-hydrogen) atoms. The summed E-state index contributed by atoms with van der Waals surface area (Å²) in [5, 5.41) is 6.69. The Morgan fingerprint density at radius 2 is 2.00 bits per heavy atom. The molecule has 0 saturated carbocycles. The van der Waals surface area contributed by atoms with E-state index in [0.29, 0.717) is 5.69 Å². The Morgan fingerprint density at radius 3 is 2.35 bits per heavy atom. The molecule has 98 valence electrons. The van der Waals surface area contributed by atoms with Gasteiger partial charge in [0.1, 0.15) is 5.92 Å². The summed E-state index contributed by atoms with van der Waals surface area (Å²) < 4.78 is 40.0. The molecular formula is C11H18F3N3. The fourth-order valence-corrected chi connectivity index (χ4v) is 1.71. The average Bonchev–Trinajstić information content (AvgIpc) is 2.55. The van der Waals surface area contributed by atoms with Gasteiger partial charge in [-0.1, -0.05) is 13.8 Å². The number of rotatable bonds is 4. The van der Waals surface area contributed by atoms with Gasteiger partial charge in [0.15, 0.2) is 0 Å². The molecule has 0 aromatic carbocycles. The number of nitrogens with zero attached hydrogens (tertiary/aromatic N) is 2. The van der Waals surface area contributed by atoms with E-state index in [0.717, 1.165) is 0 Å². The van der Waals surface area contributed by atoms with E-state index >= 15 is 0 Å². The first-order valence-corrected chi connectivity index (χ1v) is 5.52. The maximum absolute atomic E-state index is 12.9. The van der Waals surface area contributed by atoms with E-state index in [4.69, 9.17) is 0 Å². The molecule has 6 heteroatoms. The zero-order valence-corrected chi connectivity index (χ0v) is 10.5. The summed E-state index contributed by atoms with van der Waals surface area (Å²) in [7, 11) is 3.06. The fraction of sp³-hybridized carbons (Fsp3) is 0.727. The minimum absolute atomic E-state index is 0.124. The normalized spacial score (nSPS) is 14.4. The number of alkyl halides is 3. The quantitative estimate of drug-likeness (QED) is 0.888. The Kier molecular flexibility index (Phi) is 4.19. The standard InChI is InChI=1S/C11H18F3N3/c1-7(2)9-5-10(17(4)16-9)8(6-15-3)11(12,13)14/h5,7-8,15H,6H2,1-4H3.